The number of rotatable bonds is 5. The lowest BCUT2D eigenvalue weighted by Gasteiger charge is -2.38. The van der Waals surface area contributed by atoms with Crippen LogP contribution in [0.25, 0.3) is 10.8 Å². The molecule has 0 amide bonds. The van der Waals surface area contributed by atoms with Crippen LogP contribution in [0.4, 0.5) is 0 Å². The summed E-state index contributed by atoms with van der Waals surface area (Å²) < 4.78 is 10.8. The van der Waals surface area contributed by atoms with E-state index in [0.29, 0.717) is 0 Å². The van der Waals surface area contributed by atoms with Gasteiger partial charge in [-0.25, -0.2) is 0 Å². The van der Waals surface area contributed by atoms with Crippen LogP contribution in [0, 0.1) is 5.41 Å². The summed E-state index contributed by atoms with van der Waals surface area (Å²) >= 11 is 0. The Labute approximate surface area is 119 Å². The van der Waals surface area contributed by atoms with Crippen molar-refractivity contribution in [2.45, 2.75) is 13.5 Å². The zero-order chi connectivity index (χ0) is 14.0. The molecular formula is C17H21NO2. The Hall–Kier alpha value is -1.58. The zero-order valence-corrected chi connectivity index (χ0v) is 12.1. The molecule has 2 aromatic carbocycles. The monoisotopic (exact) mass is 271 g/mol. The van der Waals surface area contributed by atoms with Gasteiger partial charge in [0, 0.05) is 24.1 Å². The van der Waals surface area contributed by atoms with E-state index >= 15 is 0 Å². The average molecular weight is 271 g/mol. The van der Waals surface area contributed by atoms with E-state index in [2.05, 4.69) is 42.6 Å². The van der Waals surface area contributed by atoms with Gasteiger partial charge in [-0.15, -0.1) is 0 Å². The first-order valence-corrected chi connectivity index (χ1v) is 7.05. The minimum Gasteiger partial charge on any atom is -0.496 e. The van der Waals surface area contributed by atoms with Crippen LogP contribution in [0.1, 0.15) is 12.5 Å². The van der Waals surface area contributed by atoms with Crippen molar-refractivity contribution >= 4 is 10.8 Å². The molecule has 20 heavy (non-hydrogen) atoms. The Morgan fingerprint density at radius 1 is 1.20 bits per heavy atom. The fourth-order valence-corrected chi connectivity index (χ4v) is 2.73. The van der Waals surface area contributed by atoms with Gasteiger partial charge in [0.15, 0.2) is 0 Å². The molecule has 1 heterocycles. The second kappa shape index (κ2) is 5.43. The van der Waals surface area contributed by atoms with E-state index in [-0.39, 0.29) is 5.41 Å². The minimum atomic E-state index is 0.290. The first kappa shape index (κ1) is 13.4. The van der Waals surface area contributed by atoms with Crippen molar-refractivity contribution in [3.63, 3.8) is 0 Å². The molecule has 0 spiro atoms. The fourth-order valence-electron chi connectivity index (χ4n) is 2.73. The van der Waals surface area contributed by atoms with Gasteiger partial charge in [-0.2, -0.15) is 0 Å². The molecular weight excluding hydrogens is 250 g/mol. The fraction of sp³-hybridized carbons (Fsp3) is 0.412. The molecule has 0 aromatic heterocycles. The summed E-state index contributed by atoms with van der Waals surface area (Å²) in [6.07, 6.45) is 0. The Balaban J connectivity index is 1.81. The molecule has 0 radical (unpaired) electrons. The van der Waals surface area contributed by atoms with Crippen LogP contribution < -0.4 is 10.1 Å². The van der Waals surface area contributed by atoms with Crippen molar-refractivity contribution in [3.05, 3.63) is 42.0 Å². The molecule has 1 aliphatic rings. The molecule has 3 nitrogen and oxygen atoms in total. The third-order valence-corrected chi connectivity index (χ3v) is 3.97. The van der Waals surface area contributed by atoms with Crippen LogP contribution in [0.2, 0.25) is 0 Å². The van der Waals surface area contributed by atoms with Gasteiger partial charge in [0.25, 0.3) is 0 Å². The van der Waals surface area contributed by atoms with Gasteiger partial charge in [0.1, 0.15) is 5.75 Å². The Morgan fingerprint density at radius 3 is 2.70 bits per heavy atom. The quantitative estimate of drug-likeness (QED) is 0.907. The maximum absolute atomic E-state index is 5.51. The lowest BCUT2D eigenvalue weighted by atomic mass is 9.88. The smallest absolute Gasteiger partial charge is 0.123 e. The zero-order valence-electron chi connectivity index (χ0n) is 12.1. The predicted molar refractivity (Wildman–Crippen MR) is 81.1 cm³/mol. The molecule has 2 aromatic rings. The van der Waals surface area contributed by atoms with Crippen LogP contribution in [0.15, 0.2) is 36.4 Å². The van der Waals surface area contributed by atoms with Gasteiger partial charge in [0.05, 0.1) is 20.3 Å². The Kier molecular flexibility index (Phi) is 3.64. The maximum Gasteiger partial charge on any atom is 0.123 e. The molecule has 0 saturated carbocycles. The van der Waals surface area contributed by atoms with Crippen LogP contribution in [0.3, 0.4) is 0 Å². The summed E-state index contributed by atoms with van der Waals surface area (Å²) in [4.78, 5) is 0. The molecule has 0 aliphatic carbocycles. The second-order valence-corrected chi connectivity index (χ2v) is 5.87. The first-order valence-electron chi connectivity index (χ1n) is 7.05. The Bertz CT molecular complexity index is 605. The number of nitrogens with one attached hydrogen (secondary N) is 1. The van der Waals surface area contributed by atoms with Crippen LogP contribution >= 0.6 is 0 Å². The van der Waals surface area contributed by atoms with E-state index in [4.69, 9.17) is 9.47 Å². The summed E-state index contributed by atoms with van der Waals surface area (Å²) in [5.74, 6) is 0.950. The highest BCUT2D eigenvalue weighted by Crippen LogP contribution is 2.29. The lowest BCUT2D eigenvalue weighted by Crippen LogP contribution is -2.47. The van der Waals surface area contributed by atoms with E-state index in [1.807, 2.05) is 6.07 Å². The number of fused-ring (bicyclic) bond motifs is 1. The highest BCUT2D eigenvalue weighted by molar-refractivity contribution is 5.87. The summed E-state index contributed by atoms with van der Waals surface area (Å²) in [7, 11) is 1.73. The predicted octanol–water partition coefficient (Wildman–Crippen LogP) is 2.97. The molecule has 0 atom stereocenters. The SMILES string of the molecule is COc1ccc2ccccc2c1CNCC1(C)COC1. The molecule has 3 rings (SSSR count). The largest absolute Gasteiger partial charge is 0.496 e. The number of hydrogen-bond donors (Lipinski definition) is 1. The second-order valence-electron chi connectivity index (χ2n) is 5.87. The number of hydrogen-bond acceptors (Lipinski definition) is 3. The van der Waals surface area contributed by atoms with E-state index in [0.717, 1.165) is 32.1 Å². The lowest BCUT2D eigenvalue weighted by molar-refractivity contribution is -0.0991. The molecule has 1 fully saturated rings. The van der Waals surface area contributed by atoms with Gasteiger partial charge in [-0.3, -0.25) is 0 Å². The number of methoxy groups -OCH3 is 1. The third kappa shape index (κ3) is 2.51. The van der Waals surface area contributed by atoms with Crippen molar-refractivity contribution in [1.29, 1.82) is 0 Å². The highest BCUT2D eigenvalue weighted by Gasteiger charge is 2.32. The standard InChI is InChI=1S/C17H21NO2/c1-17(11-20-12-17)10-18-9-15-14-6-4-3-5-13(14)7-8-16(15)19-2/h3-8,18H,9-12H2,1-2H3. The molecule has 1 N–H and O–H groups in total. The van der Waals surface area contributed by atoms with Gasteiger partial charge in [0.2, 0.25) is 0 Å². The summed E-state index contributed by atoms with van der Waals surface area (Å²) in [5.41, 5.74) is 1.52. The normalized spacial score (nSPS) is 16.9. The van der Waals surface area contributed by atoms with Crippen LogP contribution in [-0.4, -0.2) is 26.9 Å². The van der Waals surface area contributed by atoms with Gasteiger partial charge in [-0.1, -0.05) is 37.3 Å². The van der Waals surface area contributed by atoms with Crippen molar-refractivity contribution < 1.29 is 9.47 Å². The Morgan fingerprint density at radius 2 is 2.00 bits per heavy atom. The molecule has 106 valence electrons. The number of benzene rings is 2. The molecule has 1 saturated heterocycles. The van der Waals surface area contributed by atoms with Gasteiger partial charge in [-0.05, 0) is 16.8 Å². The minimum absolute atomic E-state index is 0.290. The van der Waals surface area contributed by atoms with Crippen molar-refractivity contribution in [2.75, 3.05) is 26.9 Å². The van der Waals surface area contributed by atoms with Gasteiger partial charge >= 0.3 is 0 Å². The van der Waals surface area contributed by atoms with Gasteiger partial charge < -0.3 is 14.8 Å². The summed E-state index contributed by atoms with van der Waals surface area (Å²) in [6, 6.07) is 12.6. The van der Waals surface area contributed by atoms with E-state index in [1.54, 1.807) is 7.11 Å². The topological polar surface area (TPSA) is 30.5 Å². The van der Waals surface area contributed by atoms with E-state index in [9.17, 15) is 0 Å². The number of ether oxygens (including phenoxy) is 2. The molecule has 0 unspecified atom stereocenters. The highest BCUT2D eigenvalue weighted by atomic mass is 16.5. The molecule has 0 bridgehead atoms. The van der Waals surface area contributed by atoms with Crippen molar-refractivity contribution in [1.82, 2.24) is 5.32 Å². The third-order valence-electron chi connectivity index (χ3n) is 3.97. The summed E-state index contributed by atoms with van der Waals surface area (Å²) in [6.45, 7) is 5.75. The average Bonchev–Trinajstić information content (AvgIpc) is 2.45. The van der Waals surface area contributed by atoms with Crippen molar-refractivity contribution in [3.8, 4) is 5.75 Å². The molecule has 3 heteroatoms. The van der Waals surface area contributed by atoms with E-state index < -0.39 is 0 Å². The molecule has 1 aliphatic heterocycles. The van der Waals surface area contributed by atoms with Crippen LogP contribution in [0.5, 0.6) is 5.75 Å². The first-order chi connectivity index (χ1) is 9.72. The van der Waals surface area contributed by atoms with E-state index in [1.165, 1.54) is 16.3 Å². The summed E-state index contributed by atoms with van der Waals surface area (Å²) in [5, 5.41) is 6.06. The van der Waals surface area contributed by atoms with Crippen LogP contribution in [-0.2, 0) is 11.3 Å². The maximum atomic E-state index is 5.51. The van der Waals surface area contributed by atoms with Crippen molar-refractivity contribution in [2.24, 2.45) is 5.41 Å².